The van der Waals surface area contributed by atoms with E-state index in [4.69, 9.17) is 4.98 Å². The van der Waals surface area contributed by atoms with Gasteiger partial charge in [0.25, 0.3) is 0 Å². The lowest BCUT2D eigenvalue weighted by molar-refractivity contribution is 0.475. The van der Waals surface area contributed by atoms with Crippen molar-refractivity contribution in [3.05, 3.63) is 90.1 Å². The number of benzene rings is 3. The molecule has 0 saturated carbocycles. The van der Waals surface area contributed by atoms with E-state index in [-0.39, 0.29) is 11.3 Å². The zero-order valence-corrected chi connectivity index (χ0v) is 18.9. The smallest absolute Gasteiger partial charge is 0.164 e. The Bertz CT molecular complexity index is 1510. The highest BCUT2D eigenvalue weighted by Gasteiger charge is 2.21. The Hall–Kier alpha value is -4.26. The molecule has 0 radical (unpaired) electrons. The number of aryl methyl sites for hydroxylation is 1. The van der Waals surface area contributed by atoms with Crippen molar-refractivity contribution in [3.8, 4) is 39.4 Å². The third-order valence-electron chi connectivity index (χ3n) is 5.81. The first kappa shape index (κ1) is 21.6. The molecule has 0 atom stereocenters. The number of hydrogen-bond donors (Lipinski definition) is 1. The molecular weight excluding hydrogens is 434 g/mol. The van der Waals surface area contributed by atoms with Crippen LogP contribution in [0.15, 0.2) is 72.8 Å². The van der Waals surface area contributed by atoms with Crippen LogP contribution in [0.2, 0.25) is 0 Å². The molecule has 0 aliphatic rings. The van der Waals surface area contributed by atoms with E-state index in [2.05, 4.69) is 5.10 Å². The molecule has 0 unspecified atom stereocenters. The standard InChI is InChI=1S/C27H22F2N4O/c1-16-26(22-13-8-19(28)14-23(22)29)27-30-24(17-4-9-20(10-5-17)32(2)3)15-25(33(27)31-16)18-6-11-21(34)12-7-18/h4-15,34H,1-3H3. The van der Waals surface area contributed by atoms with Gasteiger partial charge in [-0.1, -0.05) is 12.1 Å². The molecule has 5 nitrogen and oxygen atoms in total. The number of fused-ring (bicyclic) bond motifs is 1. The second-order valence-corrected chi connectivity index (χ2v) is 8.33. The van der Waals surface area contributed by atoms with Gasteiger partial charge in [-0.05, 0) is 61.5 Å². The van der Waals surface area contributed by atoms with Crippen molar-refractivity contribution >= 4 is 11.3 Å². The highest BCUT2D eigenvalue weighted by molar-refractivity contribution is 5.84. The topological polar surface area (TPSA) is 53.7 Å². The Balaban J connectivity index is 1.80. The molecule has 0 aliphatic heterocycles. The fraction of sp³-hybridized carbons (Fsp3) is 0.111. The zero-order chi connectivity index (χ0) is 24.0. The Kier molecular flexibility index (Phi) is 5.24. The number of aromatic hydroxyl groups is 1. The molecule has 3 aromatic carbocycles. The molecule has 1 N–H and O–H groups in total. The molecule has 34 heavy (non-hydrogen) atoms. The number of phenols is 1. The van der Waals surface area contributed by atoms with E-state index >= 15 is 0 Å². The molecule has 5 rings (SSSR count). The van der Waals surface area contributed by atoms with Crippen molar-refractivity contribution in [2.24, 2.45) is 0 Å². The van der Waals surface area contributed by atoms with E-state index in [0.717, 1.165) is 28.6 Å². The summed E-state index contributed by atoms with van der Waals surface area (Å²) in [5, 5.41) is 14.4. The van der Waals surface area contributed by atoms with Gasteiger partial charge in [0, 0.05) is 42.5 Å². The summed E-state index contributed by atoms with van der Waals surface area (Å²) in [6.45, 7) is 1.78. The summed E-state index contributed by atoms with van der Waals surface area (Å²) in [7, 11) is 3.95. The fourth-order valence-electron chi connectivity index (χ4n) is 4.05. The molecule has 0 saturated heterocycles. The van der Waals surface area contributed by atoms with Crippen LogP contribution < -0.4 is 4.90 Å². The van der Waals surface area contributed by atoms with Gasteiger partial charge in [0.2, 0.25) is 0 Å². The summed E-state index contributed by atoms with van der Waals surface area (Å²) < 4.78 is 30.1. The molecule has 2 aromatic heterocycles. The minimum atomic E-state index is -0.674. The van der Waals surface area contributed by atoms with Crippen LogP contribution in [0.1, 0.15) is 5.69 Å². The van der Waals surface area contributed by atoms with Crippen LogP contribution in [0.4, 0.5) is 14.5 Å². The molecule has 0 amide bonds. The Morgan fingerprint density at radius 2 is 1.53 bits per heavy atom. The van der Waals surface area contributed by atoms with Crippen molar-refractivity contribution in [1.82, 2.24) is 14.6 Å². The van der Waals surface area contributed by atoms with Crippen LogP contribution in [0, 0.1) is 18.6 Å². The van der Waals surface area contributed by atoms with Gasteiger partial charge in [0.1, 0.15) is 17.4 Å². The molecule has 0 fully saturated rings. The minimum absolute atomic E-state index is 0.152. The first-order valence-electron chi connectivity index (χ1n) is 10.7. The third-order valence-corrected chi connectivity index (χ3v) is 5.81. The lowest BCUT2D eigenvalue weighted by atomic mass is 10.0. The van der Waals surface area contributed by atoms with E-state index in [1.54, 1.807) is 35.7 Å². The summed E-state index contributed by atoms with van der Waals surface area (Å²) in [6, 6.07) is 20.2. The maximum absolute atomic E-state index is 14.8. The van der Waals surface area contributed by atoms with Crippen molar-refractivity contribution in [2.45, 2.75) is 6.92 Å². The minimum Gasteiger partial charge on any atom is -0.508 e. The third kappa shape index (κ3) is 3.75. The van der Waals surface area contributed by atoms with Gasteiger partial charge in [-0.2, -0.15) is 5.10 Å². The summed E-state index contributed by atoms with van der Waals surface area (Å²) in [4.78, 5) is 6.87. The summed E-state index contributed by atoms with van der Waals surface area (Å²) in [5.41, 5.74) is 5.93. The number of rotatable bonds is 4. The normalized spacial score (nSPS) is 11.2. The molecule has 0 aliphatic carbocycles. The van der Waals surface area contributed by atoms with Gasteiger partial charge in [0.15, 0.2) is 5.65 Å². The number of aromatic nitrogens is 3. The number of halogens is 2. The Labute approximate surface area is 195 Å². The summed E-state index contributed by atoms with van der Waals surface area (Å²) in [6.07, 6.45) is 0. The highest BCUT2D eigenvalue weighted by atomic mass is 19.1. The van der Waals surface area contributed by atoms with Crippen LogP contribution >= 0.6 is 0 Å². The lowest BCUT2D eigenvalue weighted by Gasteiger charge is -2.13. The summed E-state index contributed by atoms with van der Waals surface area (Å²) >= 11 is 0. The lowest BCUT2D eigenvalue weighted by Crippen LogP contribution is -2.08. The molecule has 0 bridgehead atoms. The molecular formula is C27H22F2N4O. The fourth-order valence-corrected chi connectivity index (χ4v) is 4.05. The van der Waals surface area contributed by atoms with Crippen molar-refractivity contribution in [1.29, 1.82) is 0 Å². The van der Waals surface area contributed by atoms with Gasteiger partial charge in [0.05, 0.1) is 22.6 Å². The maximum atomic E-state index is 14.8. The van der Waals surface area contributed by atoms with Gasteiger partial charge < -0.3 is 10.0 Å². The maximum Gasteiger partial charge on any atom is 0.164 e. The average molecular weight is 456 g/mol. The van der Waals surface area contributed by atoms with E-state index < -0.39 is 11.6 Å². The van der Waals surface area contributed by atoms with Crippen LogP contribution in [0.25, 0.3) is 39.3 Å². The average Bonchev–Trinajstić information content (AvgIpc) is 3.15. The van der Waals surface area contributed by atoms with Gasteiger partial charge in [-0.15, -0.1) is 0 Å². The van der Waals surface area contributed by atoms with Gasteiger partial charge >= 0.3 is 0 Å². The molecule has 2 heterocycles. The molecule has 170 valence electrons. The second kappa shape index (κ2) is 8.26. The monoisotopic (exact) mass is 456 g/mol. The van der Waals surface area contributed by atoms with E-state index in [1.165, 1.54) is 12.1 Å². The van der Waals surface area contributed by atoms with Crippen molar-refractivity contribution in [2.75, 3.05) is 19.0 Å². The van der Waals surface area contributed by atoms with Crippen LogP contribution in [0.5, 0.6) is 5.75 Å². The van der Waals surface area contributed by atoms with Gasteiger partial charge in [-0.25, -0.2) is 18.3 Å². The van der Waals surface area contributed by atoms with Crippen molar-refractivity contribution < 1.29 is 13.9 Å². The van der Waals surface area contributed by atoms with Gasteiger partial charge in [-0.3, -0.25) is 0 Å². The largest absolute Gasteiger partial charge is 0.508 e. The van der Waals surface area contributed by atoms with Crippen LogP contribution in [-0.2, 0) is 0 Å². The quantitative estimate of drug-likeness (QED) is 0.356. The second-order valence-electron chi connectivity index (χ2n) is 8.33. The van der Waals surface area contributed by atoms with Crippen LogP contribution in [-0.4, -0.2) is 33.8 Å². The Morgan fingerprint density at radius 3 is 2.18 bits per heavy atom. The van der Waals surface area contributed by atoms with Crippen molar-refractivity contribution in [3.63, 3.8) is 0 Å². The number of phenolic OH excluding ortho intramolecular Hbond substituents is 1. The van der Waals surface area contributed by atoms with Crippen LogP contribution in [0.3, 0.4) is 0 Å². The molecule has 5 aromatic rings. The Morgan fingerprint density at radius 1 is 0.853 bits per heavy atom. The number of nitrogens with zero attached hydrogens (tertiary/aromatic N) is 4. The SMILES string of the molecule is Cc1nn2c(-c3ccc(O)cc3)cc(-c3ccc(N(C)C)cc3)nc2c1-c1ccc(F)cc1F. The number of anilines is 1. The predicted octanol–water partition coefficient (Wildman–Crippen LogP) is 6.09. The van der Waals surface area contributed by atoms with E-state index in [0.29, 0.717) is 22.6 Å². The first-order chi connectivity index (χ1) is 16.3. The first-order valence-corrected chi connectivity index (χ1v) is 10.7. The predicted molar refractivity (Wildman–Crippen MR) is 130 cm³/mol. The zero-order valence-electron chi connectivity index (χ0n) is 18.9. The highest BCUT2D eigenvalue weighted by Crippen LogP contribution is 2.35. The van der Waals surface area contributed by atoms with E-state index in [9.17, 15) is 13.9 Å². The van der Waals surface area contributed by atoms with E-state index in [1.807, 2.05) is 49.3 Å². The number of hydrogen-bond acceptors (Lipinski definition) is 4. The molecule has 0 spiro atoms. The summed E-state index contributed by atoms with van der Waals surface area (Å²) in [5.74, 6) is -1.17. The molecule has 7 heteroatoms.